The number of carbonyl (C=O) groups is 1. The van der Waals surface area contributed by atoms with Crippen LogP contribution in [0.2, 0.25) is 0 Å². The first kappa shape index (κ1) is 12.4. The molecule has 3 nitrogen and oxygen atoms in total. The predicted molar refractivity (Wildman–Crippen MR) is 64.7 cm³/mol. The van der Waals surface area contributed by atoms with Gasteiger partial charge in [-0.15, -0.1) is 0 Å². The number of hydrogen-bond donors (Lipinski definition) is 1. The second kappa shape index (κ2) is 3.92. The minimum Gasteiger partial charge on any atom is -0.484 e. The van der Waals surface area contributed by atoms with Gasteiger partial charge >= 0.3 is 0 Å². The van der Waals surface area contributed by atoms with E-state index in [4.69, 9.17) is 4.74 Å². The monoisotopic (exact) mass is 267 g/mol. The number of hydrogen-bond acceptors (Lipinski definition) is 2. The Morgan fingerprint density at radius 3 is 2.58 bits per heavy atom. The highest BCUT2D eigenvalue weighted by Crippen LogP contribution is 2.66. The molecule has 1 N–H and O–H groups in total. The molecule has 3 aliphatic carbocycles. The van der Waals surface area contributed by atoms with Gasteiger partial charge in [0.25, 0.3) is 5.91 Å². The lowest BCUT2D eigenvalue weighted by Crippen LogP contribution is -2.73. The summed E-state index contributed by atoms with van der Waals surface area (Å²) in [5.41, 5.74) is 0.400. The average molecular weight is 267 g/mol. The number of ether oxygens (including phenoxy) is 1. The van der Waals surface area contributed by atoms with Gasteiger partial charge in [-0.05, 0) is 36.8 Å². The molecule has 19 heavy (non-hydrogen) atoms. The zero-order valence-corrected chi connectivity index (χ0v) is 10.6. The summed E-state index contributed by atoms with van der Waals surface area (Å²) in [4.78, 5) is 11.7. The van der Waals surface area contributed by atoms with E-state index < -0.39 is 11.6 Å². The van der Waals surface area contributed by atoms with Gasteiger partial charge in [0.05, 0.1) is 0 Å². The van der Waals surface area contributed by atoms with Crippen molar-refractivity contribution in [1.82, 2.24) is 5.32 Å². The molecule has 0 aromatic heterocycles. The lowest BCUT2D eigenvalue weighted by molar-refractivity contribution is -0.157. The van der Waals surface area contributed by atoms with Crippen LogP contribution < -0.4 is 10.1 Å². The van der Waals surface area contributed by atoms with Crippen molar-refractivity contribution >= 4 is 5.91 Å². The third kappa shape index (κ3) is 2.17. The highest BCUT2D eigenvalue weighted by atomic mass is 19.2. The van der Waals surface area contributed by atoms with Gasteiger partial charge in [0, 0.05) is 11.6 Å². The molecular weight excluding hydrogens is 252 g/mol. The van der Waals surface area contributed by atoms with Crippen molar-refractivity contribution in [3.8, 4) is 5.75 Å². The van der Waals surface area contributed by atoms with E-state index in [0.717, 1.165) is 31.4 Å². The van der Waals surface area contributed by atoms with E-state index in [0.29, 0.717) is 5.41 Å². The van der Waals surface area contributed by atoms with Crippen LogP contribution in [0.1, 0.15) is 26.2 Å². The Morgan fingerprint density at radius 2 is 2.00 bits per heavy atom. The average Bonchev–Trinajstić information content (AvgIpc) is 2.27. The van der Waals surface area contributed by atoms with Crippen molar-refractivity contribution in [1.29, 1.82) is 0 Å². The van der Waals surface area contributed by atoms with Crippen LogP contribution in [0.15, 0.2) is 18.2 Å². The molecule has 5 heteroatoms. The van der Waals surface area contributed by atoms with E-state index in [1.165, 1.54) is 6.07 Å². The summed E-state index contributed by atoms with van der Waals surface area (Å²) >= 11 is 0. The van der Waals surface area contributed by atoms with Crippen LogP contribution in [0.4, 0.5) is 8.78 Å². The Kier molecular flexibility index (Phi) is 2.56. The fourth-order valence-corrected chi connectivity index (χ4v) is 3.48. The lowest BCUT2D eigenvalue weighted by Gasteiger charge is -2.69. The summed E-state index contributed by atoms with van der Waals surface area (Å²) in [6.07, 6.45) is 3.07. The van der Waals surface area contributed by atoms with Crippen molar-refractivity contribution in [2.45, 2.75) is 31.7 Å². The van der Waals surface area contributed by atoms with Crippen LogP contribution in [-0.2, 0) is 4.79 Å². The zero-order valence-electron chi connectivity index (χ0n) is 10.6. The maximum absolute atomic E-state index is 12.9. The molecule has 0 saturated heterocycles. The number of benzene rings is 1. The van der Waals surface area contributed by atoms with E-state index in [1.807, 2.05) is 0 Å². The fourth-order valence-electron chi connectivity index (χ4n) is 3.48. The minimum atomic E-state index is -0.981. The minimum absolute atomic E-state index is 0.0246. The standard InChI is InChI=1S/C14H15F2NO2/c1-13-6-14(7-13,8-13)17-12(18)5-19-9-2-3-10(15)11(16)4-9/h2-4H,5-8H2,1H3,(H,17,18). The first-order valence-electron chi connectivity index (χ1n) is 6.29. The Morgan fingerprint density at radius 1 is 1.32 bits per heavy atom. The van der Waals surface area contributed by atoms with Crippen molar-refractivity contribution < 1.29 is 18.3 Å². The summed E-state index contributed by atoms with van der Waals surface area (Å²) in [5.74, 6) is -1.98. The summed E-state index contributed by atoms with van der Waals surface area (Å²) in [6, 6.07) is 3.21. The molecule has 1 amide bonds. The molecule has 3 aliphatic rings. The molecule has 0 spiro atoms. The maximum atomic E-state index is 12.9. The number of nitrogens with one attached hydrogen (secondary N) is 1. The van der Waals surface area contributed by atoms with Gasteiger partial charge in [0.2, 0.25) is 0 Å². The fraction of sp³-hybridized carbons (Fsp3) is 0.500. The molecular formula is C14H15F2NO2. The van der Waals surface area contributed by atoms with E-state index in [-0.39, 0.29) is 23.8 Å². The Hall–Kier alpha value is -1.65. The molecule has 1 aromatic carbocycles. The summed E-state index contributed by atoms with van der Waals surface area (Å²) in [6.45, 7) is 2.03. The second-order valence-electron chi connectivity index (χ2n) is 6.03. The number of carbonyl (C=O) groups excluding carboxylic acids is 1. The lowest BCUT2D eigenvalue weighted by atomic mass is 9.40. The van der Waals surface area contributed by atoms with Crippen LogP contribution in [0.3, 0.4) is 0 Å². The van der Waals surface area contributed by atoms with E-state index in [1.54, 1.807) is 0 Å². The highest BCUT2D eigenvalue weighted by molar-refractivity contribution is 5.79. The number of halogens is 2. The normalized spacial score (nSPS) is 31.1. The van der Waals surface area contributed by atoms with Crippen LogP contribution >= 0.6 is 0 Å². The van der Waals surface area contributed by atoms with Gasteiger partial charge in [0.1, 0.15) is 5.75 Å². The Balaban J connectivity index is 1.49. The van der Waals surface area contributed by atoms with Crippen LogP contribution in [0.5, 0.6) is 5.75 Å². The van der Waals surface area contributed by atoms with E-state index >= 15 is 0 Å². The topological polar surface area (TPSA) is 38.3 Å². The molecule has 0 aliphatic heterocycles. The first-order chi connectivity index (χ1) is 8.90. The molecule has 3 fully saturated rings. The smallest absolute Gasteiger partial charge is 0.258 e. The van der Waals surface area contributed by atoms with Crippen LogP contribution in [0.25, 0.3) is 0 Å². The molecule has 0 radical (unpaired) electrons. The van der Waals surface area contributed by atoms with Crippen molar-refractivity contribution in [2.24, 2.45) is 5.41 Å². The quantitative estimate of drug-likeness (QED) is 0.909. The molecule has 0 unspecified atom stereocenters. The second-order valence-corrected chi connectivity index (χ2v) is 6.03. The van der Waals surface area contributed by atoms with Crippen molar-refractivity contribution in [2.75, 3.05) is 6.61 Å². The van der Waals surface area contributed by atoms with Gasteiger partial charge in [-0.25, -0.2) is 8.78 Å². The molecule has 4 rings (SSSR count). The Bertz CT molecular complexity index is 524. The Labute approximate surface area is 109 Å². The summed E-state index contributed by atoms with van der Waals surface area (Å²) in [5, 5.41) is 2.95. The third-order valence-corrected chi connectivity index (χ3v) is 3.96. The molecule has 0 atom stereocenters. The zero-order chi connectivity index (χ0) is 13.7. The SMILES string of the molecule is CC12CC(NC(=O)COc3ccc(F)c(F)c3)(C1)C2. The number of rotatable bonds is 4. The maximum Gasteiger partial charge on any atom is 0.258 e. The van der Waals surface area contributed by atoms with E-state index in [9.17, 15) is 13.6 Å². The van der Waals surface area contributed by atoms with Crippen LogP contribution in [0, 0.1) is 17.0 Å². The first-order valence-corrected chi connectivity index (χ1v) is 6.29. The van der Waals surface area contributed by atoms with Crippen LogP contribution in [-0.4, -0.2) is 18.1 Å². The molecule has 102 valence electrons. The summed E-state index contributed by atoms with van der Waals surface area (Å²) in [7, 11) is 0. The summed E-state index contributed by atoms with van der Waals surface area (Å²) < 4.78 is 30.8. The van der Waals surface area contributed by atoms with Gasteiger partial charge < -0.3 is 10.1 Å². The van der Waals surface area contributed by atoms with Gasteiger partial charge in [-0.3, -0.25) is 4.79 Å². The van der Waals surface area contributed by atoms with E-state index in [2.05, 4.69) is 12.2 Å². The molecule has 2 bridgehead atoms. The van der Waals surface area contributed by atoms with Crippen molar-refractivity contribution in [3.05, 3.63) is 29.8 Å². The molecule has 3 saturated carbocycles. The van der Waals surface area contributed by atoms with Crippen molar-refractivity contribution in [3.63, 3.8) is 0 Å². The molecule has 1 aromatic rings. The largest absolute Gasteiger partial charge is 0.484 e. The van der Waals surface area contributed by atoms with Gasteiger partial charge in [-0.2, -0.15) is 0 Å². The molecule has 0 heterocycles. The van der Waals surface area contributed by atoms with Gasteiger partial charge in [-0.1, -0.05) is 6.92 Å². The predicted octanol–water partition coefficient (Wildman–Crippen LogP) is 2.40. The highest BCUT2D eigenvalue weighted by Gasteiger charge is 2.65. The third-order valence-electron chi connectivity index (χ3n) is 3.96. The van der Waals surface area contributed by atoms with Gasteiger partial charge in [0.15, 0.2) is 18.2 Å². The number of amides is 1.